The van der Waals surface area contributed by atoms with E-state index in [9.17, 15) is 17.6 Å². The van der Waals surface area contributed by atoms with Crippen LogP contribution in [0.25, 0.3) is 0 Å². The van der Waals surface area contributed by atoms with E-state index in [1.165, 1.54) is 7.05 Å². The smallest absolute Gasteiger partial charge is 0.321 e. The molecule has 0 amide bonds. The van der Waals surface area contributed by atoms with Gasteiger partial charge in [-0.1, -0.05) is 11.6 Å². The summed E-state index contributed by atoms with van der Waals surface area (Å²) >= 11 is 5.51. The Kier molecular flexibility index (Phi) is 4.66. The van der Waals surface area contributed by atoms with Crippen molar-refractivity contribution < 1.29 is 22.3 Å². The van der Waals surface area contributed by atoms with Gasteiger partial charge in [-0.15, -0.1) is 0 Å². The monoisotopic (exact) mass is 295 g/mol. The molecule has 0 N–H and O–H groups in total. The Morgan fingerprint density at radius 3 is 2.61 bits per heavy atom. The first-order valence-corrected chi connectivity index (χ1v) is 6.59. The Morgan fingerprint density at radius 1 is 1.50 bits per heavy atom. The highest BCUT2D eigenvalue weighted by atomic mass is 35.5. The van der Waals surface area contributed by atoms with Crippen LogP contribution in [-0.4, -0.2) is 39.4 Å². The van der Waals surface area contributed by atoms with Crippen LogP contribution in [0, 0.1) is 5.82 Å². The number of nitrogens with zero attached hydrogens (tertiary/aromatic N) is 1. The maximum absolute atomic E-state index is 12.9. The molecule has 0 radical (unpaired) electrons. The summed E-state index contributed by atoms with van der Waals surface area (Å²) < 4.78 is 42.1. The molecule has 1 rings (SSSR count). The molecule has 0 aliphatic rings. The number of esters is 1. The van der Waals surface area contributed by atoms with Crippen LogP contribution >= 0.6 is 11.6 Å². The molecule has 0 heterocycles. The zero-order valence-corrected chi connectivity index (χ0v) is 11.3. The van der Waals surface area contributed by atoms with E-state index in [1.807, 2.05) is 0 Å². The maximum Gasteiger partial charge on any atom is 0.321 e. The molecule has 1 aromatic rings. The molecule has 1 aromatic carbocycles. The molecule has 0 aromatic heterocycles. The normalized spacial score (nSPS) is 11.6. The van der Waals surface area contributed by atoms with Crippen LogP contribution in [0.1, 0.15) is 0 Å². The van der Waals surface area contributed by atoms with E-state index in [4.69, 9.17) is 11.6 Å². The highest BCUT2D eigenvalue weighted by molar-refractivity contribution is 7.89. The number of ether oxygens (including phenoxy) is 1. The molecular weight excluding hydrogens is 285 g/mol. The van der Waals surface area contributed by atoms with Crippen molar-refractivity contribution in [2.24, 2.45) is 0 Å². The van der Waals surface area contributed by atoms with Crippen LogP contribution in [-0.2, 0) is 19.6 Å². The van der Waals surface area contributed by atoms with Crippen molar-refractivity contribution in [3.05, 3.63) is 29.0 Å². The minimum Gasteiger partial charge on any atom is -0.468 e. The lowest BCUT2D eigenvalue weighted by atomic mass is 10.3. The molecular formula is C10H11ClFNO4S. The number of likely N-dealkylation sites (N-methyl/N-ethyl adjacent to an activating group) is 1. The lowest BCUT2D eigenvalue weighted by molar-refractivity contribution is -0.140. The predicted molar refractivity (Wildman–Crippen MR) is 63.2 cm³/mol. The molecule has 0 aliphatic heterocycles. The Balaban J connectivity index is 3.05. The third-order valence-electron chi connectivity index (χ3n) is 2.18. The largest absolute Gasteiger partial charge is 0.468 e. The quantitative estimate of drug-likeness (QED) is 0.785. The summed E-state index contributed by atoms with van der Waals surface area (Å²) in [5.74, 6) is -1.42. The number of hydrogen-bond acceptors (Lipinski definition) is 4. The number of carbonyl (C=O) groups excluding carboxylic acids is 1. The summed E-state index contributed by atoms with van der Waals surface area (Å²) in [7, 11) is -1.54. The molecule has 5 nitrogen and oxygen atoms in total. The first-order valence-electron chi connectivity index (χ1n) is 4.77. The standard InChI is InChI=1S/C10H11ClFNO4S/c1-13(6-10(14)17-2)18(15,16)7-3-4-9(12)8(11)5-7/h3-5H,6H2,1-2H3. The SMILES string of the molecule is COC(=O)CN(C)S(=O)(=O)c1ccc(F)c(Cl)c1. The van der Waals surface area contributed by atoms with Crippen LogP contribution in [0.4, 0.5) is 4.39 Å². The molecule has 100 valence electrons. The molecule has 8 heteroatoms. The van der Waals surface area contributed by atoms with Crippen LogP contribution in [0.3, 0.4) is 0 Å². The second-order valence-electron chi connectivity index (χ2n) is 3.41. The van der Waals surface area contributed by atoms with Gasteiger partial charge in [-0.2, -0.15) is 4.31 Å². The van der Waals surface area contributed by atoms with E-state index in [-0.39, 0.29) is 9.92 Å². The Morgan fingerprint density at radius 2 is 2.11 bits per heavy atom. The van der Waals surface area contributed by atoms with Crippen molar-refractivity contribution in [2.75, 3.05) is 20.7 Å². The number of hydrogen-bond donors (Lipinski definition) is 0. The first-order chi connectivity index (χ1) is 8.28. The van der Waals surface area contributed by atoms with Gasteiger partial charge >= 0.3 is 5.97 Å². The van der Waals surface area contributed by atoms with Crippen LogP contribution < -0.4 is 0 Å². The van der Waals surface area contributed by atoms with Crippen molar-refractivity contribution in [1.82, 2.24) is 4.31 Å². The van der Waals surface area contributed by atoms with Crippen molar-refractivity contribution >= 4 is 27.6 Å². The number of sulfonamides is 1. The maximum atomic E-state index is 12.9. The summed E-state index contributed by atoms with van der Waals surface area (Å²) in [6.07, 6.45) is 0. The molecule has 18 heavy (non-hydrogen) atoms. The van der Waals surface area contributed by atoms with Gasteiger partial charge in [0.05, 0.1) is 17.0 Å². The second kappa shape index (κ2) is 5.64. The van der Waals surface area contributed by atoms with Gasteiger partial charge in [0.1, 0.15) is 12.4 Å². The number of rotatable bonds is 4. The third-order valence-corrected chi connectivity index (χ3v) is 4.27. The number of halogens is 2. The van der Waals surface area contributed by atoms with Gasteiger partial charge in [-0.05, 0) is 18.2 Å². The number of benzene rings is 1. The van der Waals surface area contributed by atoms with Crippen molar-refractivity contribution in [1.29, 1.82) is 0 Å². The highest BCUT2D eigenvalue weighted by Gasteiger charge is 2.24. The average Bonchev–Trinajstić information content (AvgIpc) is 2.32. The molecule has 0 saturated carbocycles. The number of carbonyl (C=O) groups is 1. The van der Waals surface area contributed by atoms with Gasteiger partial charge in [0, 0.05) is 7.05 Å². The van der Waals surface area contributed by atoms with Gasteiger partial charge in [0.2, 0.25) is 10.0 Å². The minimum absolute atomic E-state index is 0.194. The van der Waals surface area contributed by atoms with E-state index in [2.05, 4.69) is 4.74 Å². The van der Waals surface area contributed by atoms with Gasteiger partial charge in [0.25, 0.3) is 0 Å². The topological polar surface area (TPSA) is 63.7 Å². The van der Waals surface area contributed by atoms with Gasteiger partial charge in [0.15, 0.2) is 0 Å². The zero-order valence-electron chi connectivity index (χ0n) is 9.68. The van der Waals surface area contributed by atoms with Gasteiger partial charge < -0.3 is 4.74 Å². The second-order valence-corrected chi connectivity index (χ2v) is 5.87. The van der Waals surface area contributed by atoms with E-state index in [1.54, 1.807) is 0 Å². The Bertz CT molecular complexity index is 561. The van der Waals surface area contributed by atoms with E-state index in [0.29, 0.717) is 0 Å². The van der Waals surface area contributed by atoms with Crippen LogP contribution in [0.2, 0.25) is 5.02 Å². The van der Waals surface area contributed by atoms with E-state index >= 15 is 0 Å². The molecule has 0 spiro atoms. The molecule has 0 fully saturated rings. The summed E-state index contributed by atoms with van der Waals surface area (Å²) in [5.41, 5.74) is 0. The summed E-state index contributed by atoms with van der Waals surface area (Å²) in [5, 5.41) is -0.303. The van der Waals surface area contributed by atoms with Crippen LogP contribution in [0.15, 0.2) is 23.1 Å². The fourth-order valence-electron chi connectivity index (χ4n) is 1.15. The predicted octanol–water partition coefficient (Wildman–Crippen LogP) is 1.27. The van der Waals surface area contributed by atoms with Crippen LogP contribution in [0.5, 0.6) is 0 Å². The van der Waals surface area contributed by atoms with Crippen molar-refractivity contribution in [3.8, 4) is 0 Å². The van der Waals surface area contributed by atoms with E-state index in [0.717, 1.165) is 29.6 Å². The van der Waals surface area contributed by atoms with Crippen molar-refractivity contribution in [2.45, 2.75) is 4.90 Å². The average molecular weight is 296 g/mol. The van der Waals surface area contributed by atoms with Crippen molar-refractivity contribution in [3.63, 3.8) is 0 Å². The first kappa shape index (κ1) is 14.9. The Labute approximate surface area is 109 Å². The summed E-state index contributed by atoms with van der Waals surface area (Å²) in [6, 6.07) is 3.01. The summed E-state index contributed by atoms with van der Waals surface area (Å²) in [6.45, 7) is -0.437. The summed E-state index contributed by atoms with van der Waals surface area (Å²) in [4.78, 5) is 10.8. The van der Waals surface area contributed by atoms with Gasteiger partial charge in [-0.25, -0.2) is 12.8 Å². The Hall–Kier alpha value is -1.18. The third kappa shape index (κ3) is 3.18. The van der Waals surface area contributed by atoms with Gasteiger partial charge in [-0.3, -0.25) is 4.79 Å². The fraction of sp³-hybridized carbons (Fsp3) is 0.300. The zero-order chi connectivity index (χ0) is 13.9. The minimum atomic E-state index is -3.90. The highest BCUT2D eigenvalue weighted by Crippen LogP contribution is 2.21. The lowest BCUT2D eigenvalue weighted by Gasteiger charge is -2.15. The molecule has 0 aliphatic carbocycles. The fourth-order valence-corrected chi connectivity index (χ4v) is 2.54. The molecule has 0 bridgehead atoms. The molecule has 0 saturated heterocycles. The molecule has 0 atom stereocenters. The lowest BCUT2D eigenvalue weighted by Crippen LogP contribution is -2.32. The van der Waals surface area contributed by atoms with E-state index < -0.39 is 28.4 Å². The number of methoxy groups -OCH3 is 1. The molecule has 0 unspecified atom stereocenters.